The summed E-state index contributed by atoms with van der Waals surface area (Å²) in [5.41, 5.74) is 6.64. The lowest BCUT2D eigenvalue weighted by Crippen LogP contribution is -2.31. The van der Waals surface area contributed by atoms with Crippen LogP contribution >= 0.6 is 11.5 Å². The summed E-state index contributed by atoms with van der Waals surface area (Å²) in [4.78, 5) is 8.30. The molecular formula is C37H31N5O5S2. The summed E-state index contributed by atoms with van der Waals surface area (Å²) in [6.45, 7) is 3.66. The van der Waals surface area contributed by atoms with Gasteiger partial charge in [0.05, 0.1) is 36.4 Å². The standard InChI is InChI=1S/C37H31N5O5S2/c1-24-5-4-6-26(15-24)27-8-11-36(34(19-27)28-13-14-39-31(17-28)22-43)47-35-12-10-33(18-30(35)20-38)49(44,45)42(37-40-23-41-48-37)21-29-7-9-32(46-3)16-25(29)2/h4-19,23,43H,21-22H2,1-3H3. The van der Waals surface area contributed by atoms with Crippen LogP contribution in [0.3, 0.4) is 0 Å². The molecule has 0 unspecified atom stereocenters. The Morgan fingerprint density at radius 2 is 1.71 bits per heavy atom. The van der Waals surface area contributed by atoms with Gasteiger partial charge in [-0.05, 0) is 96.3 Å². The predicted octanol–water partition coefficient (Wildman–Crippen LogP) is 7.44. The molecule has 0 amide bonds. The Bertz CT molecular complexity index is 2290. The first-order valence-electron chi connectivity index (χ1n) is 15.1. The van der Waals surface area contributed by atoms with Gasteiger partial charge in [-0.2, -0.15) is 9.64 Å². The van der Waals surface area contributed by atoms with Crippen molar-refractivity contribution in [1.29, 1.82) is 5.26 Å². The van der Waals surface area contributed by atoms with E-state index in [4.69, 9.17) is 9.47 Å². The third-order valence-corrected chi connectivity index (χ3v) is 10.5. The zero-order valence-electron chi connectivity index (χ0n) is 26.9. The molecule has 0 aliphatic carbocycles. The van der Waals surface area contributed by atoms with Gasteiger partial charge in [0.15, 0.2) is 0 Å². The molecule has 0 fully saturated rings. The monoisotopic (exact) mass is 689 g/mol. The second-order valence-corrected chi connectivity index (χ2v) is 13.8. The third-order valence-electron chi connectivity index (χ3n) is 7.93. The number of pyridine rings is 1. The van der Waals surface area contributed by atoms with E-state index in [-0.39, 0.29) is 34.5 Å². The first-order valence-corrected chi connectivity index (χ1v) is 17.3. The molecule has 0 atom stereocenters. The number of aliphatic hydroxyl groups excluding tert-OH is 1. The van der Waals surface area contributed by atoms with Gasteiger partial charge in [-0.15, -0.1) is 0 Å². The van der Waals surface area contributed by atoms with Gasteiger partial charge in [0.25, 0.3) is 10.0 Å². The largest absolute Gasteiger partial charge is 0.497 e. The number of anilines is 1. The van der Waals surface area contributed by atoms with E-state index in [0.717, 1.165) is 44.9 Å². The van der Waals surface area contributed by atoms with E-state index in [1.165, 1.54) is 28.8 Å². The summed E-state index contributed by atoms with van der Waals surface area (Å²) in [5.74, 6) is 1.27. The van der Waals surface area contributed by atoms with Crippen molar-refractivity contribution >= 4 is 26.7 Å². The van der Waals surface area contributed by atoms with Gasteiger partial charge in [-0.25, -0.2) is 17.7 Å². The number of aliphatic hydroxyl groups is 1. The van der Waals surface area contributed by atoms with Gasteiger partial charge >= 0.3 is 0 Å². The molecule has 0 bridgehead atoms. The average Bonchev–Trinajstić information content (AvgIpc) is 3.66. The first-order chi connectivity index (χ1) is 23.7. The minimum atomic E-state index is -4.20. The Hall–Kier alpha value is -5.61. The van der Waals surface area contributed by atoms with Crippen LogP contribution in [0, 0.1) is 25.2 Å². The average molecular weight is 690 g/mol. The van der Waals surface area contributed by atoms with E-state index >= 15 is 0 Å². The molecule has 49 heavy (non-hydrogen) atoms. The highest BCUT2D eigenvalue weighted by atomic mass is 32.2. The van der Waals surface area contributed by atoms with Gasteiger partial charge < -0.3 is 14.6 Å². The van der Waals surface area contributed by atoms with E-state index in [2.05, 4.69) is 26.5 Å². The van der Waals surface area contributed by atoms with Crippen LogP contribution in [0.2, 0.25) is 0 Å². The highest BCUT2D eigenvalue weighted by molar-refractivity contribution is 7.93. The summed E-state index contributed by atoms with van der Waals surface area (Å²) in [7, 11) is -2.63. The number of nitrogens with zero attached hydrogens (tertiary/aromatic N) is 5. The number of methoxy groups -OCH3 is 1. The summed E-state index contributed by atoms with van der Waals surface area (Å²) < 4.78 is 45.2. The Kier molecular flexibility index (Phi) is 9.68. The molecule has 0 radical (unpaired) electrons. The number of aryl methyl sites for hydroxylation is 2. The maximum absolute atomic E-state index is 14.2. The number of rotatable bonds is 11. The van der Waals surface area contributed by atoms with Gasteiger partial charge in [0.1, 0.15) is 29.6 Å². The van der Waals surface area contributed by atoms with Crippen molar-refractivity contribution < 1.29 is 23.0 Å². The summed E-state index contributed by atoms with van der Waals surface area (Å²) in [6, 6.07) is 29.1. The van der Waals surface area contributed by atoms with Crippen LogP contribution in [0.25, 0.3) is 22.3 Å². The third kappa shape index (κ3) is 7.14. The fraction of sp³-hybridized carbons (Fsp3) is 0.135. The SMILES string of the molecule is COc1ccc(CN(c2ncns2)S(=O)(=O)c2ccc(Oc3ccc(-c4cccc(C)c4)cc3-c3ccnc(CO)c3)c(C#N)c2)c(C)c1. The minimum absolute atomic E-state index is 0.00803. The maximum Gasteiger partial charge on any atom is 0.266 e. The lowest BCUT2D eigenvalue weighted by Gasteiger charge is -2.23. The van der Waals surface area contributed by atoms with Crippen LogP contribution in [0.15, 0.2) is 108 Å². The molecular weight excluding hydrogens is 659 g/mol. The van der Waals surface area contributed by atoms with Gasteiger partial charge in [0, 0.05) is 23.3 Å². The van der Waals surface area contributed by atoms with Gasteiger partial charge in [-0.1, -0.05) is 42.0 Å². The Morgan fingerprint density at radius 3 is 2.43 bits per heavy atom. The van der Waals surface area contributed by atoms with Crippen LogP contribution < -0.4 is 13.8 Å². The molecule has 0 spiro atoms. The zero-order chi connectivity index (χ0) is 34.5. The topological polar surface area (TPSA) is 139 Å². The molecule has 0 aliphatic heterocycles. The predicted molar refractivity (Wildman–Crippen MR) is 188 cm³/mol. The molecule has 0 aliphatic rings. The summed E-state index contributed by atoms with van der Waals surface area (Å²) >= 11 is 0.954. The molecule has 0 saturated heterocycles. The lowest BCUT2D eigenvalue weighted by atomic mass is 9.97. The van der Waals surface area contributed by atoms with Crippen molar-refractivity contribution in [3.05, 3.63) is 131 Å². The van der Waals surface area contributed by atoms with E-state index in [1.807, 2.05) is 68.4 Å². The molecule has 2 aromatic heterocycles. The maximum atomic E-state index is 14.2. The van der Waals surface area contributed by atoms with Gasteiger partial charge in [-0.3, -0.25) is 4.98 Å². The molecule has 6 aromatic rings. The number of nitriles is 1. The molecule has 246 valence electrons. The lowest BCUT2D eigenvalue weighted by molar-refractivity contribution is 0.277. The smallest absolute Gasteiger partial charge is 0.266 e. The highest BCUT2D eigenvalue weighted by Gasteiger charge is 2.29. The highest BCUT2D eigenvalue weighted by Crippen LogP contribution is 2.39. The van der Waals surface area contributed by atoms with Crippen LogP contribution in [-0.4, -0.2) is 35.0 Å². The van der Waals surface area contributed by atoms with Crippen LogP contribution in [-0.2, 0) is 23.2 Å². The van der Waals surface area contributed by atoms with Crippen molar-refractivity contribution in [3.8, 4) is 45.6 Å². The molecule has 6 rings (SSSR count). The Balaban J connectivity index is 1.38. The molecule has 0 saturated carbocycles. The van der Waals surface area contributed by atoms with Crippen molar-refractivity contribution in [2.45, 2.75) is 31.9 Å². The van der Waals surface area contributed by atoms with E-state index in [0.29, 0.717) is 22.8 Å². The first kappa shape index (κ1) is 33.3. The van der Waals surface area contributed by atoms with Gasteiger partial charge in [0.2, 0.25) is 5.13 Å². The Morgan fingerprint density at radius 1 is 0.898 bits per heavy atom. The quantitative estimate of drug-likeness (QED) is 0.147. The fourth-order valence-electron chi connectivity index (χ4n) is 5.33. The molecule has 10 nitrogen and oxygen atoms in total. The Labute approximate surface area is 288 Å². The molecule has 1 N–H and O–H groups in total. The van der Waals surface area contributed by atoms with Crippen LogP contribution in [0.5, 0.6) is 17.2 Å². The van der Waals surface area contributed by atoms with Crippen molar-refractivity contribution in [3.63, 3.8) is 0 Å². The van der Waals surface area contributed by atoms with E-state index < -0.39 is 10.0 Å². The second kappa shape index (κ2) is 14.2. The normalized spacial score (nSPS) is 11.2. The van der Waals surface area contributed by atoms with E-state index in [1.54, 1.807) is 25.4 Å². The van der Waals surface area contributed by atoms with E-state index in [9.17, 15) is 18.8 Å². The number of aromatic nitrogens is 3. The minimum Gasteiger partial charge on any atom is -0.497 e. The number of sulfonamides is 1. The number of hydrogen-bond donors (Lipinski definition) is 1. The molecule has 12 heteroatoms. The van der Waals surface area contributed by atoms with Crippen molar-refractivity contribution in [2.24, 2.45) is 0 Å². The number of benzene rings is 4. The van der Waals surface area contributed by atoms with Crippen molar-refractivity contribution in [1.82, 2.24) is 14.3 Å². The summed E-state index contributed by atoms with van der Waals surface area (Å²) in [6.07, 6.45) is 2.91. The fourth-order valence-corrected chi connectivity index (χ4v) is 7.49. The van der Waals surface area contributed by atoms with Crippen LogP contribution in [0.4, 0.5) is 5.13 Å². The van der Waals surface area contributed by atoms with Crippen LogP contribution in [0.1, 0.15) is 27.9 Å². The molecule has 4 aromatic carbocycles. The zero-order valence-corrected chi connectivity index (χ0v) is 28.5. The molecule has 2 heterocycles. The number of ether oxygens (including phenoxy) is 2. The number of hydrogen-bond acceptors (Lipinski definition) is 10. The summed E-state index contributed by atoms with van der Waals surface area (Å²) in [5, 5.41) is 20.1. The second-order valence-electron chi connectivity index (χ2n) is 11.2. The van der Waals surface area contributed by atoms with Crippen molar-refractivity contribution in [2.75, 3.05) is 11.4 Å².